The van der Waals surface area contributed by atoms with Crippen molar-refractivity contribution >= 4 is 5.91 Å². The largest absolute Gasteiger partial charge is 0.488 e. The average Bonchev–Trinajstić information content (AvgIpc) is 2.89. The number of carbonyl (C=O) groups is 1. The van der Waals surface area contributed by atoms with Crippen molar-refractivity contribution in [2.75, 3.05) is 6.54 Å². The van der Waals surface area contributed by atoms with Crippen LogP contribution in [0.3, 0.4) is 0 Å². The van der Waals surface area contributed by atoms with Gasteiger partial charge in [0.1, 0.15) is 11.9 Å². The van der Waals surface area contributed by atoms with Gasteiger partial charge >= 0.3 is 0 Å². The molecule has 0 aromatic heterocycles. The van der Waals surface area contributed by atoms with Crippen LogP contribution >= 0.6 is 0 Å². The summed E-state index contributed by atoms with van der Waals surface area (Å²) < 4.78 is 5.71. The van der Waals surface area contributed by atoms with Gasteiger partial charge in [-0.1, -0.05) is 18.2 Å². The molecule has 0 fully saturated rings. The minimum atomic E-state index is -0.412. The predicted molar refractivity (Wildman–Crippen MR) is 77.6 cm³/mol. The van der Waals surface area contributed by atoms with Crippen molar-refractivity contribution in [3.05, 3.63) is 53.6 Å². The molecule has 4 nitrogen and oxygen atoms in total. The number of fused-ring (bicyclic) bond motifs is 1. The number of primary amides is 1. The Kier molecular flexibility index (Phi) is 3.16. The number of hydrogen-bond acceptors (Lipinski definition) is 3. The van der Waals surface area contributed by atoms with Gasteiger partial charge in [-0.3, -0.25) is 4.79 Å². The van der Waals surface area contributed by atoms with Crippen LogP contribution in [0.25, 0.3) is 11.1 Å². The van der Waals surface area contributed by atoms with Gasteiger partial charge in [-0.15, -0.1) is 0 Å². The predicted octanol–water partition coefficient (Wildman–Crippen LogP) is 1.71. The molecule has 0 bridgehead atoms. The Morgan fingerprint density at radius 2 is 1.85 bits per heavy atom. The Hall–Kier alpha value is -2.33. The Balaban J connectivity index is 1.90. The Morgan fingerprint density at radius 3 is 2.50 bits per heavy atom. The van der Waals surface area contributed by atoms with E-state index < -0.39 is 5.91 Å². The van der Waals surface area contributed by atoms with Gasteiger partial charge in [0.25, 0.3) is 0 Å². The molecule has 4 N–H and O–H groups in total. The van der Waals surface area contributed by atoms with E-state index in [-0.39, 0.29) is 6.10 Å². The van der Waals surface area contributed by atoms with E-state index in [2.05, 4.69) is 6.07 Å². The van der Waals surface area contributed by atoms with Gasteiger partial charge in [0, 0.05) is 18.5 Å². The zero-order chi connectivity index (χ0) is 14.1. The molecule has 0 saturated carbocycles. The highest BCUT2D eigenvalue weighted by atomic mass is 16.5. The SMILES string of the molecule is NCC1Cc2cc(-c3ccc(C(N)=O)cc3)ccc2O1. The van der Waals surface area contributed by atoms with Crippen LogP contribution < -0.4 is 16.2 Å². The standard InChI is InChI=1S/C16H16N2O2/c17-9-14-8-13-7-12(5-6-15(13)20-14)10-1-3-11(4-2-10)16(18)19/h1-7,14H,8-9,17H2,(H2,18,19). The van der Waals surface area contributed by atoms with Crippen LogP contribution in [-0.4, -0.2) is 18.6 Å². The number of carbonyl (C=O) groups excluding carboxylic acids is 1. The second-order valence-corrected chi connectivity index (χ2v) is 4.94. The van der Waals surface area contributed by atoms with Crippen LogP contribution in [0.2, 0.25) is 0 Å². The third-order valence-corrected chi connectivity index (χ3v) is 3.57. The van der Waals surface area contributed by atoms with Gasteiger partial charge in [0.05, 0.1) is 0 Å². The van der Waals surface area contributed by atoms with Crippen molar-refractivity contribution < 1.29 is 9.53 Å². The molecule has 4 heteroatoms. The zero-order valence-electron chi connectivity index (χ0n) is 11.0. The summed E-state index contributed by atoms with van der Waals surface area (Å²) >= 11 is 0. The molecule has 3 rings (SSSR count). The van der Waals surface area contributed by atoms with E-state index >= 15 is 0 Å². The van der Waals surface area contributed by atoms with Crippen LogP contribution in [0, 0.1) is 0 Å². The Morgan fingerprint density at radius 1 is 1.15 bits per heavy atom. The maximum atomic E-state index is 11.1. The molecule has 0 aliphatic carbocycles. The first kappa shape index (κ1) is 12.7. The monoisotopic (exact) mass is 268 g/mol. The number of nitrogens with two attached hydrogens (primary N) is 2. The van der Waals surface area contributed by atoms with Crippen molar-refractivity contribution in [3.63, 3.8) is 0 Å². The van der Waals surface area contributed by atoms with Crippen LogP contribution in [0.4, 0.5) is 0 Å². The first-order chi connectivity index (χ1) is 9.67. The van der Waals surface area contributed by atoms with E-state index in [4.69, 9.17) is 16.2 Å². The molecule has 1 heterocycles. The molecule has 0 spiro atoms. The van der Waals surface area contributed by atoms with E-state index in [0.717, 1.165) is 23.3 Å². The number of amides is 1. The first-order valence-electron chi connectivity index (χ1n) is 6.57. The van der Waals surface area contributed by atoms with Crippen molar-refractivity contribution in [1.82, 2.24) is 0 Å². The smallest absolute Gasteiger partial charge is 0.248 e. The van der Waals surface area contributed by atoms with Gasteiger partial charge < -0.3 is 16.2 Å². The maximum Gasteiger partial charge on any atom is 0.248 e. The van der Waals surface area contributed by atoms with Gasteiger partial charge in [0.15, 0.2) is 0 Å². The summed E-state index contributed by atoms with van der Waals surface area (Å²) in [7, 11) is 0. The minimum absolute atomic E-state index is 0.0810. The highest BCUT2D eigenvalue weighted by Crippen LogP contribution is 2.32. The molecule has 1 aliphatic rings. The van der Waals surface area contributed by atoms with Crippen LogP contribution in [0.15, 0.2) is 42.5 Å². The topological polar surface area (TPSA) is 78.3 Å². The van der Waals surface area contributed by atoms with Gasteiger partial charge in [-0.05, 0) is 41.0 Å². The molecular formula is C16H16N2O2. The van der Waals surface area contributed by atoms with E-state index in [1.54, 1.807) is 12.1 Å². The zero-order valence-corrected chi connectivity index (χ0v) is 11.0. The normalized spacial score (nSPS) is 16.6. The molecule has 2 aromatic carbocycles. The molecule has 1 unspecified atom stereocenters. The fourth-order valence-corrected chi connectivity index (χ4v) is 2.46. The fraction of sp³-hybridized carbons (Fsp3) is 0.188. The highest BCUT2D eigenvalue weighted by molar-refractivity contribution is 5.93. The Bertz CT molecular complexity index is 650. The van der Waals surface area contributed by atoms with Gasteiger partial charge in [0.2, 0.25) is 5.91 Å². The average molecular weight is 268 g/mol. The number of rotatable bonds is 3. The third kappa shape index (κ3) is 2.26. The number of ether oxygens (including phenoxy) is 1. The summed E-state index contributed by atoms with van der Waals surface area (Å²) in [6.07, 6.45) is 0.927. The number of hydrogen-bond donors (Lipinski definition) is 2. The fourth-order valence-electron chi connectivity index (χ4n) is 2.46. The van der Waals surface area contributed by atoms with E-state index in [9.17, 15) is 4.79 Å². The summed E-state index contributed by atoms with van der Waals surface area (Å²) in [5, 5.41) is 0. The van der Waals surface area contributed by atoms with Gasteiger partial charge in [-0.25, -0.2) is 0 Å². The Labute approximate surface area is 117 Å². The molecule has 1 amide bonds. The molecule has 2 aromatic rings. The lowest BCUT2D eigenvalue weighted by Crippen LogP contribution is -2.24. The van der Waals surface area contributed by atoms with Crippen LogP contribution in [0.5, 0.6) is 5.75 Å². The van der Waals surface area contributed by atoms with Crippen LogP contribution in [0.1, 0.15) is 15.9 Å². The van der Waals surface area contributed by atoms with E-state index in [1.165, 1.54) is 5.56 Å². The lowest BCUT2D eigenvalue weighted by atomic mass is 10.00. The maximum absolute atomic E-state index is 11.1. The van der Waals surface area contributed by atoms with Gasteiger partial charge in [-0.2, -0.15) is 0 Å². The molecule has 20 heavy (non-hydrogen) atoms. The van der Waals surface area contributed by atoms with Crippen molar-refractivity contribution in [2.45, 2.75) is 12.5 Å². The highest BCUT2D eigenvalue weighted by Gasteiger charge is 2.21. The van der Waals surface area contributed by atoms with Crippen LogP contribution in [-0.2, 0) is 6.42 Å². The molecule has 0 saturated heterocycles. The summed E-state index contributed by atoms with van der Waals surface area (Å²) in [5.41, 5.74) is 14.7. The first-order valence-corrected chi connectivity index (χ1v) is 6.57. The second-order valence-electron chi connectivity index (χ2n) is 4.94. The quantitative estimate of drug-likeness (QED) is 0.889. The molecular weight excluding hydrogens is 252 g/mol. The summed E-state index contributed by atoms with van der Waals surface area (Å²) in [5.74, 6) is 0.502. The van der Waals surface area contributed by atoms with E-state index in [1.807, 2.05) is 24.3 Å². The lowest BCUT2D eigenvalue weighted by molar-refractivity contribution is 0.100. The summed E-state index contributed by atoms with van der Waals surface area (Å²) in [6, 6.07) is 13.4. The minimum Gasteiger partial charge on any atom is -0.488 e. The van der Waals surface area contributed by atoms with Crippen molar-refractivity contribution in [2.24, 2.45) is 11.5 Å². The third-order valence-electron chi connectivity index (χ3n) is 3.57. The second kappa shape index (κ2) is 4.98. The number of benzene rings is 2. The molecule has 102 valence electrons. The summed E-state index contributed by atoms with van der Waals surface area (Å²) in [4.78, 5) is 11.1. The molecule has 1 aliphatic heterocycles. The van der Waals surface area contributed by atoms with Crippen molar-refractivity contribution in [1.29, 1.82) is 0 Å². The molecule has 0 radical (unpaired) electrons. The summed E-state index contributed by atoms with van der Waals surface area (Å²) in [6.45, 7) is 0.525. The van der Waals surface area contributed by atoms with Crippen molar-refractivity contribution in [3.8, 4) is 16.9 Å². The van der Waals surface area contributed by atoms with E-state index in [0.29, 0.717) is 12.1 Å². The molecule has 1 atom stereocenters. The lowest BCUT2D eigenvalue weighted by Gasteiger charge is -2.06.